The van der Waals surface area contributed by atoms with Crippen molar-refractivity contribution in [3.05, 3.63) is 0 Å². The van der Waals surface area contributed by atoms with Crippen LogP contribution in [0.4, 0.5) is 0 Å². The summed E-state index contributed by atoms with van der Waals surface area (Å²) in [6, 6.07) is 0. The predicted molar refractivity (Wildman–Crippen MR) is 71.2 cm³/mol. The van der Waals surface area contributed by atoms with Gasteiger partial charge in [-0.15, -0.1) is 5.54 Å². The average Bonchev–Trinajstić information content (AvgIpc) is 2.11. The molecular weight excluding hydrogens is 232 g/mol. The van der Waals surface area contributed by atoms with Gasteiger partial charge in [0.05, 0.1) is 6.10 Å². The minimum absolute atomic E-state index is 0.0717. The zero-order valence-corrected chi connectivity index (χ0v) is 12.8. The van der Waals surface area contributed by atoms with Crippen LogP contribution in [0.15, 0.2) is 0 Å². The first-order valence-corrected chi connectivity index (χ1v) is 8.75. The van der Waals surface area contributed by atoms with Crippen LogP contribution < -0.4 is 0 Å². The highest BCUT2D eigenvalue weighted by molar-refractivity contribution is 6.87. The fourth-order valence-electron chi connectivity index (χ4n) is 0.719. The monoisotopic (exact) mass is 254 g/mol. The molecule has 0 rings (SSSR count). The maximum absolute atomic E-state index is 11.4. The lowest BCUT2D eigenvalue weighted by Gasteiger charge is -2.31. The Hall–Kier alpha value is -1.08. The molecule has 96 valence electrons. The molecule has 0 heterocycles. The Morgan fingerprint density at radius 1 is 1.18 bits per heavy atom. The number of carbonyl (C=O) groups excluding carboxylic acids is 2. The number of rotatable bonds is 2. The molecular formula is C13H22O3Si. The van der Waals surface area contributed by atoms with Gasteiger partial charge in [0.2, 0.25) is 0 Å². The molecule has 0 amide bonds. The van der Waals surface area contributed by atoms with E-state index >= 15 is 0 Å². The van der Waals surface area contributed by atoms with Gasteiger partial charge >= 0.3 is 11.8 Å². The Morgan fingerprint density at radius 3 is 2.00 bits per heavy atom. The molecule has 17 heavy (non-hydrogen) atoms. The second-order valence-corrected chi connectivity index (χ2v) is 10.9. The molecule has 0 aromatic carbocycles. The fraction of sp³-hybridized carbons (Fsp3) is 0.692. The van der Waals surface area contributed by atoms with Gasteiger partial charge in [0.15, 0.2) is 0 Å². The summed E-state index contributed by atoms with van der Waals surface area (Å²) in [5.41, 5.74) is 2.99. The first-order valence-electron chi connectivity index (χ1n) is 5.75. The maximum Gasteiger partial charge on any atom is 0.388 e. The van der Waals surface area contributed by atoms with Crippen molar-refractivity contribution in [1.29, 1.82) is 0 Å². The lowest BCUT2D eigenvalue weighted by Crippen LogP contribution is -2.36. The third-order valence-electron chi connectivity index (χ3n) is 2.89. The SMILES string of the molecule is CC(C)OC(=O)C(=O)C#C[Si](C)(C)C(C)(C)C. The topological polar surface area (TPSA) is 43.4 Å². The molecule has 0 bridgehead atoms. The highest BCUT2D eigenvalue weighted by Gasteiger charge is 2.34. The van der Waals surface area contributed by atoms with Crippen molar-refractivity contribution in [2.24, 2.45) is 0 Å². The average molecular weight is 254 g/mol. The smallest absolute Gasteiger partial charge is 0.388 e. The highest BCUT2D eigenvalue weighted by Crippen LogP contribution is 2.34. The van der Waals surface area contributed by atoms with Crippen molar-refractivity contribution in [2.45, 2.75) is 58.9 Å². The summed E-state index contributed by atoms with van der Waals surface area (Å²) in [6.45, 7) is 13.9. The standard InChI is InChI=1S/C13H22O3Si/c1-10(2)16-12(15)11(14)8-9-17(6,7)13(3,4)5/h10H,1-7H3. The van der Waals surface area contributed by atoms with E-state index in [0.29, 0.717) is 0 Å². The van der Waals surface area contributed by atoms with Gasteiger partial charge in [0.25, 0.3) is 0 Å². The Balaban J connectivity index is 4.77. The number of ketones is 1. The first kappa shape index (κ1) is 15.9. The number of carbonyl (C=O) groups is 2. The number of hydrogen-bond donors (Lipinski definition) is 0. The molecule has 0 spiro atoms. The molecule has 0 aliphatic carbocycles. The number of esters is 1. The minimum atomic E-state index is -1.84. The number of Topliss-reactive ketones (excluding diaryl/α,β-unsaturated/α-hetero) is 1. The highest BCUT2D eigenvalue weighted by atomic mass is 28.3. The molecule has 0 radical (unpaired) electrons. The van der Waals surface area contributed by atoms with Crippen molar-refractivity contribution in [3.63, 3.8) is 0 Å². The van der Waals surface area contributed by atoms with Crippen LogP contribution >= 0.6 is 0 Å². The van der Waals surface area contributed by atoms with Crippen molar-refractivity contribution in [3.8, 4) is 11.5 Å². The van der Waals surface area contributed by atoms with Gasteiger partial charge in [-0.05, 0) is 24.8 Å². The third kappa shape index (κ3) is 5.18. The fourth-order valence-corrected chi connectivity index (χ4v) is 1.52. The lowest BCUT2D eigenvalue weighted by molar-refractivity contribution is -0.154. The molecule has 0 aromatic rings. The van der Waals surface area contributed by atoms with Crippen LogP contribution in [0.2, 0.25) is 18.1 Å². The summed E-state index contributed by atoms with van der Waals surface area (Å²) in [4.78, 5) is 22.7. The van der Waals surface area contributed by atoms with Crippen LogP contribution in [0.5, 0.6) is 0 Å². The molecule has 0 aliphatic heterocycles. The van der Waals surface area contributed by atoms with Gasteiger partial charge in [-0.25, -0.2) is 4.79 Å². The largest absolute Gasteiger partial charge is 0.456 e. The Morgan fingerprint density at radius 2 is 1.65 bits per heavy atom. The van der Waals surface area contributed by atoms with Crippen molar-refractivity contribution in [2.75, 3.05) is 0 Å². The Bertz CT molecular complexity index is 364. The van der Waals surface area contributed by atoms with Crippen LogP contribution in [0.1, 0.15) is 34.6 Å². The normalized spacial score (nSPS) is 11.8. The van der Waals surface area contributed by atoms with Crippen molar-refractivity contribution < 1.29 is 14.3 Å². The summed E-state index contributed by atoms with van der Waals surface area (Å²) in [5, 5.41) is 0.0717. The second-order valence-electron chi connectivity index (χ2n) is 5.91. The van der Waals surface area contributed by atoms with E-state index in [2.05, 4.69) is 45.3 Å². The van der Waals surface area contributed by atoms with Crippen molar-refractivity contribution >= 4 is 19.8 Å². The van der Waals surface area contributed by atoms with E-state index in [1.54, 1.807) is 13.8 Å². The van der Waals surface area contributed by atoms with E-state index in [4.69, 9.17) is 4.74 Å². The Labute approximate surface area is 105 Å². The molecule has 0 N–H and O–H groups in total. The maximum atomic E-state index is 11.4. The summed E-state index contributed by atoms with van der Waals surface area (Å²) in [6.07, 6.45) is -0.291. The molecule has 0 aliphatic rings. The summed E-state index contributed by atoms with van der Waals surface area (Å²) in [5.74, 6) is 0.831. The molecule has 0 unspecified atom stereocenters. The van der Waals surface area contributed by atoms with E-state index in [-0.39, 0.29) is 11.1 Å². The summed E-state index contributed by atoms with van der Waals surface area (Å²) >= 11 is 0. The number of ether oxygens (including phenoxy) is 1. The molecule has 0 aromatic heterocycles. The number of hydrogen-bond acceptors (Lipinski definition) is 3. The zero-order valence-electron chi connectivity index (χ0n) is 11.8. The second kappa shape index (κ2) is 5.50. The van der Waals surface area contributed by atoms with E-state index in [1.165, 1.54) is 0 Å². The van der Waals surface area contributed by atoms with E-state index in [9.17, 15) is 9.59 Å². The molecule has 0 saturated carbocycles. The zero-order chi connectivity index (χ0) is 13.9. The van der Waals surface area contributed by atoms with Crippen molar-refractivity contribution in [1.82, 2.24) is 0 Å². The summed E-state index contributed by atoms with van der Waals surface area (Å²) < 4.78 is 4.79. The van der Waals surface area contributed by atoms with Crippen LogP contribution in [-0.4, -0.2) is 25.9 Å². The molecule has 0 saturated heterocycles. The molecule has 4 heteroatoms. The van der Waals surface area contributed by atoms with Crippen LogP contribution in [0, 0.1) is 11.5 Å². The van der Waals surface area contributed by atoms with Gasteiger partial charge in [0.1, 0.15) is 8.07 Å². The van der Waals surface area contributed by atoms with Crippen LogP contribution in [0.3, 0.4) is 0 Å². The molecule has 0 fully saturated rings. The quantitative estimate of drug-likeness (QED) is 0.329. The van der Waals surface area contributed by atoms with Gasteiger partial charge < -0.3 is 4.74 Å². The van der Waals surface area contributed by atoms with E-state index in [0.717, 1.165) is 0 Å². The van der Waals surface area contributed by atoms with E-state index in [1.807, 2.05) is 0 Å². The predicted octanol–water partition coefficient (Wildman–Crippen LogP) is 2.56. The van der Waals surface area contributed by atoms with Crippen LogP contribution in [-0.2, 0) is 14.3 Å². The van der Waals surface area contributed by atoms with Gasteiger partial charge in [-0.2, -0.15) is 0 Å². The van der Waals surface area contributed by atoms with Gasteiger partial charge in [0, 0.05) is 0 Å². The third-order valence-corrected chi connectivity index (χ3v) is 7.39. The summed E-state index contributed by atoms with van der Waals surface area (Å²) in [7, 11) is -1.84. The van der Waals surface area contributed by atoms with Gasteiger partial charge in [-0.3, -0.25) is 4.79 Å². The van der Waals surface area contributed by atoms with Gasteiger partial charge in [-0.1, -0.05) is 33.9 Å². The minimum Gasteiger partial charge on any atom is -0.456 e. The first-order chi connectivity index (χ1) is 7.47. The molecule has 0 atom stereocenters. The van der Waals surface area contributed by atoms with Crippen LogP contribution in [0.25, 0.3) is 0 Å². The van der Waals surface area contributed by atoms with E-state index < -0.39 is 19.8 Å². The molecule has 3 nitrogen and oxygen atoms in total. The lowest BCUT2D eigenvalue weighted by atomic mass is 10.2. The Kier molecular flexibility index (Phi) is 5.15.